The minimum atomic E-state index is -0.757. The molecule has 0 aliphatic carbocycles. The molecule has 0 unspecified atom stereocenters. The standard InChI is InChI=1S/C9H7.3C5H10O2.Zr/c1-2-5-9-7-3-6-8(9)4-1;3*1-5(2,3)4(6)7;/h1-7H;3*1-3H3,(H,6,7);/q-1;;;;. The fourth-order valence-electron chi connectivity index (χ4n) is 1.07. The van der Waals surface area contributed by atoms with Gasteiger partial charge in [0.15, 0.2) is 0 Å². The molecule has 0 atom stereocenters. The van der Waals surface area contributed by atoms with Gasteiger partial charge in [0.2, 0.25) is 0 Å². The first-order valence-electron chi connectivity index (χ1n) is 9.60. The maximum atomic E-state index is 10.0. The molecule has 0 aromatic heterocycles. The van der Waals surface area contributed by atoms with Gasteiger partial charge in [0, 0.05) is 26.2 Å². The van der Waals surface area contributed by atoms with Gasteiger partial charge in [-0.15, -0.1) is 29.7 Å². The van der Waals surface area contributed by atoms with Gasteiger partial charge in [0.05, 0.1) is 16.2 Å². The van der Waals surface area contributed by atoms with Crippen LogP contribution in [0, 0.1) is 16.2 Å². The Balaban J connectivity index is -0.000000337. The van der Waals surface area contributed by atoms with E-state index in [1.54, 1.807) is 62.3 Å². The number of carboxylic acids is 3. The van der Waals surface area contributed by atoms with E-state index in [1.807, 2.05) is 0 Å². The van der Waals surface area contributed by atoms with E-state index >= 15 is 0 Å². The quantitative estimate of drug-likeness (QED) is 0.378. The van der Waals surface area contributed by atoms with Gasteiger partial charge in [0.25, 0.3) is 0 Å². The second kappa shape index (κ2) is 14.2. The molecule has 0 aliphatic heterocycles. The van der Waals surface area contributed by atoms with E-state index in [-0.39, 0.29) is 26.2 Å². The molecule has 7 heteroatoms. The van der Waals surface area contributed by atoms with Crippen LogP contribution in [0.15, 0.2) is 42.5 Å². The van der Waals surface area contributed by atoms with Gasteiger partial charge in [-0.3, -0.25) is 14.4 Å². The summed E-state index contributed by atoms with van der Waals surface area (Å²) in [6, 6.07) is 14.7. The number of carbonyl (C=O) groups is 3. The van der Waals surface area contributed by atoms with E-state index in [4.69, 9.17) is 15.3 Å². The molecule has 174 valence electrons. The Morgan fingerprint density at radius 2 is 0.935 bits per heavy atom. The molecule has 0 heterocycles. The van der Waals surface area contributed by atoms with Crippen LogP contribution in [-0.4, -0.2) is 33.2 Å². The second-order valence-electron chi connectivity index (χ2n) is 9.82. The van der Waals surface area contributed by atoms with Gasteiger partial charge in [-0.25, -0.2) is 0 Å². The van der Waals surface area contributed by atoms with Crippen LogP contribution in [0.1, 0.15) is 62.3 Å². The van der Waals surface area contributed by atoms with Crippen molar-refractivity contribution in [2.24, 2.45) is 16.2 Å². The molecule has 0 bridgehead atoms. The van der Waals surface area contributed by atoms with E-state index in [1.165, 1.54) is 10.8 Å². The van der Waals surface area contributed by atoms with E-state index in [0.29, 0.717) is 0 Å². The van der Waals surface area contributed by atoms with Crippen molar-refractivity contribution in [2.75, 3.05) is 0 Å². The molecule has 31 heavy (non-hydrogen) atoms. The maximum Gasteiger partial charge on any atom is 0.308 e. The number of rotatable bonds is 0. The molecular formula is C24H37O6Zr-. The Labute approximate surface area is 205 Å². The molecule has 0 aliphatic rings. The van der Waals surface area contributed by atoms with Crippen LogP contribution in [0.2, 0.25) is 0 Å². The molecular weight excluding hydrogens is 475 g/mol. The summed E-state index contributed by atoms with van der Waals surface area (Å²) >= 11 is 0. The van der Waals surface area contributed by atoms with Crippen molar-refractivity contribution in [1.82, 2.24) is 0 Å². The molecule has 6 nitrogen and oxygen atoms in total. The predicted octanol–water partition coefficient (Wildman–Crippen LogP) is 5.91. The number of aliphatic carboxylic acids is 3. The fourth-order valence-corrected chi connectivity index (χ4v) is 1.07. The number of benzene rings is 1. The summed E-state index contributed by atoms with van der Waals surface area (Å²) in [6.07, 6.45) is 0. The summed E-state index contributed by atoms with van der Waals surface area (Å²) in [5, 5.41) is 27.4. The van der Waals surface area contributed by atoms with Gasteiger partial charge >= 0.3 is 17.9 Å². The van der Waals surface area contributed by atoms with Crippen molar-refractivity contribution in [3.8, 4) is 0 Å². The summed E-state index contributed by atoms with van der Waals surface area (Å²) in [5.41, 5.74) is -1.75. The third-order valence-corrected chi connectivity index (χ3v) is 3.47. The van der Waals surface area contributed by atoms with Crippen LogP contribution in [0.3, 0.4) is 0 Å². The Kier molecular flexibility index (Phi) is 15.5. The Morgan fingerprint density at radius 3 is 1.19 bits per heavy atom. The summed E-state index contributed by atoms with van der Waals surface area (Å²) in [7, 11) is 0. The van der Waals surface area contributed by atoms with Crippen LogP contribution in [0.4, 0.5) is 0 Å². The smallest absolute Gasteiger partial charge is 0.308 e. The van der Waals surface area contributed by atoms with Crippen molar-refractivity contribution >= 4 is 28.7 Å². The number of carboxylic acid groups (broad SMARTS) is 3. The first-order chi connectivity index (χ1) is 13.3. The predicted molar refractivity (Wildman–Crippen MR) is 121 cm³/mol. The Bertz CT molecular complexity index is 715. The van der Waals surface area contributed by atoms with Crippen LogP contribution in [-0.2, 0) is 40.6 Å². The normalized spacial score (nSPS) is 10.6. The van der Waals surface area contributed by atoms with Crippen LogP contribution in [0.25, 0.3) is 10.8 Å². The molecule has 0 saturated heterocycles. The second-order valence-corrected chi connectivity index (χ2v) is 9.82. The summed E-state index contributed by atoms with van der Waals surface area (Å²) < 4.78 is 0. The van der Waals surface area contributed by atoms with Crippen LogP contribution in [0.5, 0.6) is 0 Å². The topological polar surface area (TPSA) is 112 Å². The minimum absolute atomic E-state index is 0. The first-order valence-corrected chi connectivity index (χ1v) is 9.60. The number of fused-ring (bicyclic) bond motifs is 1. The van der Waals surface area contributed by atoms with E-state index < -0.39 is 34.2 Å². The zero-order valence-corrected chi connectivity index (χ0v) is 22.6. The van der Waals surface area contributed by atoms with Crippen molar-refractivity contribution in [1.29, 1.82) is 0 Å². The zero-order chi connectivity index (χ0) is 24.3. The minimum Gasteiger partial charge on any atom is -0.481 e. The Morgan fingerprint density at radius 1 is 0.645 bits per heavy atom. The van der Waals surface area contributed by atoms with Gasteiger partial charge in [-0.2, -0.15) is 17.5 Å². The molecule has 0 saturated carbocycles. The maximum absolute atomic E-state index is 10.0. The number of hydrogen-bond acceptors (Lipinski definition) is 3. The van der Waals surface area contributed by atoms with E-state index in [0.717, 1.165) is 0 Å². The summed E-state index contributed by atoms with van der Waals surface area (Å²) in [4.78, 5) is 30.1. The van der Waals surface area contributed by atoms with Crippen molar-refractivity contribution in [2.45, 2.75) is 62.3 Å². The van der Waals surface area contributed by atoms with Crippen molar-refractivity contribution in [3.05, 3.63) is 42.5 Å². The van der Waals surface area contributed by atoms with Crippen molar-refractivity contribution < 1.29 is 55.9 Å². The third kappa shape index (κ3) is 17.5. The van der Waals surface area contributed by atoms with Gasteiger partial charge in [-0.1, -0.05) is 6.07 Å². The zero-order valence-electron chi connectivity index (χ0n) is 20.1. The molecule has 2 rings (SSSR count). The van der Waals surface area contributed by atoms with Crippen LogP contribution >= 0.6 is 0 Å². The van der Waals surface area contributed by atoms with Gasteiger partial charge in [-0.05, 0) is 62.3 Å². The molecule has 0 spiro atoms. The summed E-state index contributed by atoms with van der Waals surface area (Å²) in [5.74, 6) is -2.27. The molecule has 0 radical (unpaired) electrons. The van der Waals surface area contributed by atoms with E-state index in [9.17, 15) is 14.4 Å². The average molecular weight is 513 g/mol. The molecule has 2 aromatic rings. The monoisotopic (exact) mass is 511 g/mol. The molecule has 0 fully saturated rings. The van der Waals surface area contributed by atoms with Gasteiger partial charge < -0.3 is 15.3 Å². The van der Waals surface area contributed by atoms with Gasteiger partial charge in [0.1, 0.15) is 0 Å². The largest absolute Gasteiger partial charge is 0.481 e. The molecule has 3 N–H and O–H groups in total. The number of hydrogen-bond donors (Lipinski definition) is 3. The SMILES string of the molecule is CC(C)(C)C(=O)O.CC(C)(C)C(=O)O.CC(C)(C)C(=O)O.[Zr].c1ccc2[cH-]ccc2c1. The average Bonchev–Trinajstić information content (AvgIpc) is 3.02. The molecule has 2 aromatic carbocycles. The molecule has 0 amide bonds. The third-order valence-electron chi connectivity index (χ3n) is 3.47. The van der Waals surface area contributed by atoms with Crippen LogP contribution < -0.4 is 0 Å². The summed E-state index contributed by atoms with van der Waals surface area (Å²) in [6.45, 7) is 15.0. The van der Waals surface area contributed by atoms with Crippen molar-refractivity contribution in [3.63, 3.8) is 0 Å². The first kappa shape index (κ1) is 33.8. The van der Waals surface area contributed by atoms with E-state index in [2.05, 4.69) is 42.5 Å². The Hall–Kier alpha value is -1.88. The fraction of sp³-hybridized carbons (Fsp3) is 0.500.